The summed E-state index contributed by atoms with van der Waals surface area (Å²) >= 11 is 0. The van der Waals surface area contributed by atoms with Crippen molar-refractivity contribution in [2.45, 2.75) is 30.7 Å². The van der Waals surface area contributed by atoms with Gasteiger partial charge in [-0.05, 0) is 35.9 Å². The predicted molar refractivity (Wildman–Crippen MR) is 124 cm³/mol. The zero-order valence-electron chi connectivity index (χ0n) is 19.0. The smallest absolute Gasteiger partial charge is 0.263 e. The number of ether oxygens (including phenoxy) is 2. The number of nitrogens with zero attached hydrogens (tertiary/aromatic N) is 2. The van der Waals surface area contributed by atoms with Gasteiger partial charge in [-0.1, -0.05) is 26.0 Å². The molecule has 1 amide bonds. The monoisotopic (exact) mass is 472 g/mol. The van der Waals surface area contributed by atoms with Gasteiger partial charge in [-0.15, -0.1) is 0 Å². The van der Waals surface area contributed by atoms with E-state index in [0.29, 0.717) is 17.9 Å². The molecule has 0 radical (unpaired) electrons. The normalized spacial score (nSPS) is 13.2. The van der Waals surface area contributed by atoms with Crippen LogP contribution in [0, 0.1) is 4.78 Å². The van der Waals surface area contributed by atoms with E-state index in [4.69, 9.17) is 14.3 Å². The van der Waals surface area contributed by atoms with Crippen LogP contribution in [0.15, 0.2) is 59.8 Å². The van der Waals surface area contributed by atoms with Crippen LogP contribution in [0.4, 0.5) is 0 Å². The molecule has 3 N–H and O–H groups in total. The van der Waals surface area contributed by atoms with Crippen molar-refractivity contribution < 1.29 is 23.6 Å². The zero-order chi connectivity index (χ0) is 24.2. The highest BCUT2D eigenvalue weighted by Gasteiger charge is 2.25. The molecule has 0 aliphatic rings. The summed E-state index contributed by atoms with van der Waals surface area (Å²) in [4.78, 5) is 12.9. The molecule has 176 valence electrons. The number of nitrogens with one attached hydrogen (secondary N) is 2. The van der Waals surface area contributed by atoms with Gasteiger partial charge >= 0.3 is 0 Å². The molecule has 1 unspecified atom stereocenters. The molecule has 0 aliphatic carbocycles. The van der Waals surface area contributed by atoms with Gasteiger partial charge in [0.25, 0.3) is 5.91 Å². The molecule has 0 saturated carbocycles. The third-order valence-electron chi connectivity index (χ3n) is 5.33. The first-order valence-electron chi connectivity index (χ1n) is 10.2. The summed E-state index contributed by atoms with van der Waals surface area (Å²) in [6, 6.07) is 11.5. The Kier molecular flexibility index (Phi) is 7.09. The molecule has 2 aromatic carbocycles. The van der Waals surface area contributed by atoms with Crippen LogP contribution >= 0.6 is 0 Å². The standard InChI is InChI=1S/C23H28N4O5S/c1-23(2,15-28)18-8-9-19(31-3)21(13-18)33(24,30)26-22(29)16-6-7-17(20(12-16)32-4)14-27-11-5-10-25-27/h5-13,28H,14-15H2,1-4H3,(H2,24,26,29,30). The highest BCUT2D eigenvalue weighted by Crippen LogP contribution is 2.31. The second kappa shape index (κ2) is 9.63. The lowest BCUT2D eigenvalue weighted by molar-refractivity contribution is 0.0982. The summed E-state index contributed by atoms with van der Waals surface area (Å²) in [6.07, 6.45) is 3.49. The Morgan fingerprint density at radius 1 is 1.18 bits per heavy atom. The molecule has 3 rings (SSSR count). The van der Waals surface area contributed by atoms with Crippen LogP contribution in [-0.4, -0.2) is 45.8 Å². The van der Waals surface area contributed by atoms with Crippen LogP contribution in [0.2, 0.25) is 0 Å². The van der Waals surface area contributed by atoms with Crippen molar-refractivity contribution in [3.63, 3.8) is 0 Å². The SMILES string of the molecule is COc1cc(C(=O)NS(=N)(=O)c2cc(C(C)(C)CO)ccc2OC)ccc1Cn1cccn1. The molecule has 0 aliphatic heterocycles. The quantitative estimate of drug-likeness (QED) is 0.439. The molecule has 0 fully saturated rings. The number of amides is 1. The molecule has 10 heteroatoms. The van der Waals surface area contributed by atoms with Gasteiger partial charge in [0.1, 0.15) is 16.4 Å². The lowest BCUT2D eigenvalue weighted by Gasteiger charge is -2.24. The maximum atomic E-state index is 13.3. The second-order valence-corrected chi connectivity index (χ2v) is 9.88. The molecule has 33 heavy (non-hydrogen) atoms. The highest BCUT2D eigenvalue weighted by molar-refractivity contribution is 7.91. The summed E-state index contributed by atoms with van der Waals surface area (Å²) in [7, 11) is -0.878. The summed E-state index contributed by atoms with van der Waals surface area (Å²) in [5.41, 5.74) is 1.05. The van der Waals surface area contributed by atoms with Gasteiger partial charge in [0.15, 0.2) is 9.92 Å². The molecular weight excluding hydrogens is 444 g/mol. The lowest BCUT2D eigenvalue weighted by Crippen LogP contribution is -2.30. The first-order chi connectivity index (χ1) is 15.6. The van der Waals surface area contributed by atoms with Gasteiger partial charge in [0.05, 0.1) is 27.4 Å². The number of methoxy groups -OCH3 is 2. The third kappa shape index (κ3) is 5.35. The summed E-state index contributed by atoms with van der Waals surface area (Å²) < 4.78 is 36.5. The Labute approximate surface area is 193 Å². The van der Waals surface area contributed by atoms with E-state index in [1.165, 1.54) is 26.4 Å². The second-order valence-electron chi connectivity index (χ2n) is 8.13. The van der Waals surface area contributed by atoms with E-state index in [2.05, 4.69) is 9.82 Å². The maximum absolute atomic E-state index is 13.3. The minimum atomic E-state index is -3.77. The van der Waals surface area contributed by atoms with Gasteiger partial charge in [0, 0.05) is 28.9 Å². The van der Waals surface area contributed by atoms with Crippen molar-refractivity contribution in [2.24, 2.45) is 0 Å². The molecule has 3 aromatic rings. The fourth-order valence-electron chi connectivity index (χ4n) is 3.24. The van der Waals surface area contributed by atoms with E-state index in [1.54, 1.807) is 35.1 Å². The van der Waals surface area contributed by atoms with E-state index in [-0.39, 0.29) is 22.8 Å². The Morgan fingerprint density at radius 3 is 2.52 bits per heavy atom. The molecule has 9 nitrogen and oxygen atoms in total. The van der Waals surface area contributed by atoms with Gasteiger partial charge in [-0.3, -0.25) is 14.2 Å². The summed E-state index contributed by atoms with van der Waals surface area (Å²) in [6.45, 7) is 3.95. The zero-order valence-corrected chi connectivity index (χ0v) is 19.8. The van der Waals surface area contributed by atoms with E-state index in [9.17, 15) is 14.1 Å². The molecule has 0 spiro atoms. The van der Waals surface area contributed by atoms with Crippen molar-refractivity contribution in [3.05, 3.63) is 71.5 Å². The van der Waals surface area contributed by atoms with Crippen LogP contribution in [0.3, 0.4) is 0 Å². The van der Waals surface area contributed by atoms with Gasteiger partial charge < -0.3 is 14.6 Å². The molecular formula is C23H28N4O5S. The van der Waals surface area contributed by atoms with E-state index >= 15 is 0 Å². The van der Waals surface area contributed by atoms with Crippen LogP contribution in [0.1, 0.15) is 35.3 Å². The molecule has 1 aromatic heterocycles. The number of benzene rings is 2. The number of rotatable bonds is 9. The van der Waals surface area contributed by atoms with Crippen LogP contribution in [-0.2, 0) is 21.9 Å². The van der Waals surface area contributed by atoms with Crippen LogP contribution in [0.25, 0.3) is 0 Å². The van der Waals surface area contributed by atoms with E-state index in [1.807, 2.05) is 26.1 Å². The van der Waals surface area contributed by atoms with Crippen molar-refractivity contribution in [3.8, 4) is 11.5 Å². The number of hydrogen-bond donors (Lipinski definition) is 3. The molecule has 0 bridgehead atoms. The third-order valence-corrected chi connectivity index (χ3v) is 6.74. The first kappa shape index (κ1) is 24.3. The Hall–Kier alpha value is -3.37. The van der Waals surface area contributed by atoms with Crippen LogP contribution < -0.4 is 14.2 Å². The number of aliphatic hydroxyl groups is 1. The number of aromatic nitrogens is 2. The summed E-state index contributed by atoms with van der Waals surface area (Å²) in [5.74, 6) is -0.00772. The fraction of sp³-hybridized carbons (Fsp3) is 0.304. The van der Waals surface area contributed by atoms with Gasteiger partial charge in [-0.2, -0.15) is 5.10 Å². The molecule has 1 atom stereocenters. The lowest BCUT2D eigenvalue weighted by atomic mass is 9.86. The minimum absolute atomic E-state index is 0.0274. The minimum Gasteiger partial charge on any atom is -0.496 e. The Balaban J connectivity index is 1.90. The number of hydrogen-bond acceptors (Lipinski definition) is 7. The highest BCUT2D eigenvalue weighted by atomic mass is 32.2. The topological polar surface area (TPSA) is 127 Å². The van der Waals surface area contributed by atoms with Crippen molar-refractivity contribution in [1.82, 2.24) is 14.5 Å². The van der Waals surface area contributed by atoms with Crippen molar-refractivity contribution in [2.75, 3.05) is 20.8 Å². The Morgan fingerprint density at radius 2 is 1.91 bits per heavy atom. The van der Waals surface area contributed by atoms with Crippen molar-refractivity contribution in [1.29, 1.82) is 4.78 Å². The van der Waals surface area contributed by atoms with Crippen molar-refractivity contribution >= 4 is 15.8 Å². The van der Waals surface area contributed by atoms with Gasteiger partial charge in [-0.25, -0.2) is 8.99 Å². The summed E-state index contributed by atoms with van der Waals surface area (Å²) in [5, 5.41) is 13.8. The van der Waals surface area contributed by atoms with Crippen LogP contribution in [0.5, 0.6) is 11.5 Å². The molecule has 1 heterocycles. The average Bonchev–Trinajstić information content (AvgIpc) is 3.31. The fourth-order valence-corrected chi connectivity index (χ4v) is 4.46. The first-order valence-corrected chi connectivity index (χ1v) is 11.7. The number of carbonyl (C=O) groups excluding carboxylic acids is 1. The Bertz CT molecular complexity index is 1240. The van der Waals surface area contributed by atoms with Gasteiger partial charge in [0.2, 0.25) is 0 Å². The maximum Gasteiger partial charge on any atom is 0.263 e. The predicted octanol–water partition coefficient (Wildman–Crippen LogP) is 2.97. The van der Waals surface area contributed by atoms with E-state index in [0.717, 1.165) is 5.56 Å². The average molecular weight is 473 g/mol. The largest absolute Gasteiger partial charge is 0.496 e. The number of aliphatic hydroxyl groups excluding tert-OH is 1. The number of carbonyl (C=O) groups is 1. The van der Waals surface area contributed by atoms with E-state index < -0.39 is 21.2 Å². The molecule has 0 saturated heterocycles.